The molecule has 1 aromatic heterocycles. The number of ether oxygens (including phenoxy) is 1. The summed E-state index contributed by atoms with van der Waals surface area (Å²) in [6.07, 6.45) is -2.79. The van der Waals surface area contributed by atoms with Crippen LogP contribution in [0.5, 0.6) is 0 Å². The highest BCUT2D eigenvalue weighted by Crippen LogP contribution is 2.35. The molecule has 118 valence electrons. The standard InChI is InChI=1S/C13H17F3N2O2S/c1-8(12(19)20-2)18-5-3-4-9(6-18)11-17-10(7-21-11)13(14,15)16/h7-9H,3-6H2,1-2H3/t8-,9-/m1/s1. The Morgan fingerprint density at radius 3 is 2.86 bits per heavy atom. The van der Waals surface area contributed by atoms with Crippen molar-refractivity contribution in [3.63, 3.8) is 0 Å². The normalized spacial score (nSPS) is 22.0. The Kier molecular flexibility index (Phi) is 4.88. The third-order valence-electron chi connectivity index (χ3n) is 3.70. The predicted molar refractivity (Wildman–Crippen MR) is 72.1 cm³/mol. The van der Waals surface area contributed by atoms with Gasteiger partial charge in [-0.3, -0.25) is 9.69 Å². The summed E-state index contributed by atoms with van der Waals surface area (Å²) in [5, 5.41) is 1.54. The van der Waals surface area contributed by atoms with E-state index in [2.05, 4.69) is 4.98 Å². The summed E-state index contributed by atoms with van der Waals surface area (Å²) < 4.78 is 42.5. The summed E-state index contributed by atoms with van der Waals surface area (Å²) in [5.74, 6) is -0.391. The lowest BCUT2D eigenvalue weighted by molar-refractivity contribution is -0.146. The van der Waals surface area contributed by atoms with Gasteiger partial charge in [-0.1, -0.05) is 0 Å². The van der Waals surface area contributed by atoms with Gasteiger partial charge < -0.3 is 4.74 Å². The fourth-order valence-electron chi connectivity index (χ4n) is 2.48. The van der Waals surface area contributed by atoms with E-state index in [9.17, 15) is 18.0 Å². The van der Waals surface area contributed by atoms with Crippen LogP contribution in [0.4, 0.5) is 13.2 Å². The average Bonchev–Trinajstić information content (AvgIpc) is 2.95. The molecule has 21 heavy (non-hydrogen) atoms. The van der Waals surface area contributed by atoms with E-state index >= 15 is 0 Å². The van der Waals surface area contributed by atoms with Crippen molar-refractivity contribution in [2.75, 3.05) is 20.2 Å². The Balaban J connectivity index is 2.07. The highest BCUT2D eigenvalue weighted by molar-refractivity contribution is 7.09. The lowest BCUT2D eigenvalue weighted by atomic mass is 9.97. The lowest BCUT2D eigenvalue weighted by Crippen LogP contribution is -2.44. The quantitative estimate of drug-likeness (QED) is 0.803. The van der Waals surface area contributed by atoms with Crippen LogP contribution in [0.3, 0.4) is 0 Å². The zero-order valence-corrected chi connectivity index (χ0v) is 12.6. The number of carbonyl (C=O) groups is 1. The highest BCUT2D eigenvalue weighted by atomic mass is 32.1. The third kappa shape index (κ3) is 3.74. The molecule has 0 spiro atoms. The van der Waals surface area contributed by atoms with Crippen molar-refractivity contribution >= 4 is 17.3 Å². The first kappa shape index (κ1) is 16.2. The summed E-state index contributed by atoms with van der Waals surface area (Å²) in [5.41, 5.74) is -0.833. The molecule has 1 aliphatic heterocycles. The SMILES string of the molecule is COC(=O)[C@@H](C)N1CCC[C@@H](c2nc(C(F)(F)F)cs2)C1. The molecule has 0 amide bonds. The van der Waals surface area contributed by atoms with Crippen molar-refractivity contribution in [2.24, 2.45) is 0 Å². The van der Waals surface area contributed by atoms with Gasteiger partial charge in [0.05, 0.1) is 12.1 Å². The molecular formula is C13H17F3N2O2S. The van der Waals surface area contributed by atoms with Gasteiger partial charge in [0.2, 0.25) is 0 Å². The van der Waals surface area contributed by atoms with Crippen molar-refractivity contribution in [3.8, 4) is 0 Å². The predicted octanol–water partition coefficient (Wildman–Crippen LogP) is 2.90. The molecule has 8 heteroatoms. The number of aromatic nitrogens is 1. The molecule has 4 nitrogen and oxygen atoms in total. The van der Waals surface area contributed by atoms with E-state index in [1.165, 1.54) is 7.11 Å². The number of carbonyl (C=O) groups excluding carboxylic acids is 1. The van der Waals surface area contributed by atoms with Crippen molar-refractivity contribution < 1.29 is 22.7 Å². The van der Waals surface area contributed by atoms with Crippen LogP contribution < -0.4 is 0 Å². The van der Waals surface area contributed by atoms with Crippen LogP contribution in [0.1, 0.15) is 36.4 Å². The van der Waals surface area contributed by atoms with Crippen LogP contribution in [0, 0.1) is 0 Å². The average molecular weight is 322 g/mol. The summed E-state index contributed by atoms with van der Waals surface area (Å²) in [6.45, 7) is 3.02. The zero-order valence-electron chi connectivity index (χ0n) is 11.8. The molecule has 2 rings (SSSR count). The summed E-state index contributed by atoms with van der Waals surface area (Å²) in [7, 11) is 1.33. The molecular weight excluding hydrogens is 305 g/mol. The fourth-order valence-corrected chi connectivity index (χ4v) is 3.44. The topological polar surface area (TPSA) is 42.4 Å². The van der Waals surface area contributed by atoms with Gasteiger partial charge in [-0.05, 0) is 26.3 Å². The minimum absolute atomic E-state index is 0.0630. The number of rotatable bonds is 3. The van der Waals surface area contributed by atoms with Crippen LogP contribution in [-0.2, 0) is 15.7 Å². The molecule has 0 aliphatic carbocycles. The molecule has 0 radical (unpaired) electrons. The maximum absolute atomic E-state index is 12.6. The fraction of sp³-hybridized carbons (Fsp3) is 0.692. The largest absolute Gasteiger partial charge is 0.468 e. The molecule has 0 saturated carbocycles. The second kappa shape index (κ2) is 6.31. The first-order chi connectivity index (χ1) is 9.82. The smallest absolute Gasteiger partial charge is 0.434 e. The molecule has 1 saturated heterocycles. The summed E-state index contributed by atoms with van der Waals surface area (Å²) in [4.78, 5) is 17.2. The first-order valence-corrected chi connectivity index (χ1v) is 7.55. The summed E-state index contributed by atoms with van der Waals surface area (Å²) >= 11 is 1.04. The van der Waals surface area contributed by atoms with Gasteiger partial charge >= 0.3 is 12.1 Å². The van der Waals surface area contributed by atoms with Gasteiger partial charge in [0.15, 0.2) is 5.69 Å². The van der Waals surface area contributed by atoms with Gasteiger partial charge in [0, 0.05) is 17.8 Å². The molecule has 1 aromatic rings. The van der Waals surface area contributed by atoms with Crippen LogP contribution in [0.15, 0.2) is 5.38 Å². The van der Waals surface area contributed by atoms with E-state index in [0.29, 0.717) is 11.6 Å². The molecule has 0 aromatic carbocycles. The number of nitrogens with zero attached hydrogens (tertiary/aromatic N) is 2. The second-order valence-electron chi connectivity index (χ2n) is 5.10. The number of hydrogen-bond donors (Lipinski definition) is 0. The number of piperidine rings is 1. The number of halogens is 3. The van der Waals surface area contributed by atoms with Crippen molar-refractivity contribution in [1.29, 1.82) is 0 Å². The van der Waals surface area contributed by atoms with Crippen molar-refractivity contribution in [3.05, 3.63) is 16.1 Å². The number of hydrogen-bond acceptors (Lipinski definition) is 5. The Hall–Kier alpha value is -1.15. The maximum atomic E-state index is 12.6. The van der Waals surface area contributed by atoms with Crippen molar-refractivity contribution in [2.45, 2.75) is 37.9 Å². The van der Waals surface area contributed by atoms with E-state index in [0.717, 1.165) is 36.1 Å². The van der Waals surface area contributed by atoms with E-state index in [1.54, 1.807) is 6.92 Å². The molecule has 1 aliphatic rings. The third-order valence-corrected chi connectivity index (χ3v) is 4.71. The van der Waals surface area contributed by atoms with E-state index < -0.39 is 11.9 Å². The molecule has 2 heterocycles. The number of likely N-dealkylation sites (tertiary alicyclic amines) is 1. The van der Waals surface area contributed by atoms with Gasteiger partial charge in [-0.2, -0.15) is 13.2 Å². The molecule has 0 bridgehead atoms. The molecule has 0 unspecified atom stereocenters. The Labute approximate surface area is 124 Å². The van der Waals surface area contributed by atoms with Gasteiger partial charge in [0.25, 0.3) is 0 Å². The van der Waals surface area contributed by atoms with Crippen LogP contribution in [0.25, 0.3) is 0 Å². The number of thiazole rings is 1. The van der Waals surface area contributed by atoms with Crippen LogP contribution >= 0.6 is 11.3 Å². The number of alkyl halides is 3. The lowest BCUT2D eigenvalue weighted by Gasteiger charge is -2.34. The molecule has 2 atom stereocenters. The van der Waals surface area contributed by atoms with Gasteiger partial charge in [0.1, 0.15) is 6.04 Å². The minimum Gasteiger partial charge on any atom is -0.468 e. The van der Waals surface area contributed by atoms with Gasteiger partial charge in [-0.15, -0.1) is 11.3 Å². The Morgan fingerprint density at radius 2 is 2.29 bits per heavy atom. The highest BCUT2D eigenvalue weighted by Gasteiger charge is 2.36. The van der Waals surface area contributed by atoms with Crippen molar-refractivity contribution in [1.82, 2.24) is 9.88 Å². The second-order valence-corrected chi connectivity index (χ2v) is 5.99. The molecule has 0 N–H and O–H groups in total. The number of methoxy groups -OCH3 is 1. The Bertz CT molecular complexity index is 504. The van der Waals surface area contributed by atoms with E-state index in [4.69, 9.17) is 4.74 Å². The first-order valence-electron chi connectivity index (χ1n) is 6.67. The zero-order chi connectivity index (χ0) is 15.6. The Morgan fingerprint density at radius 1 is 1.57 bits per heavy atom. The monoisotopic (exact) mass is 322 g/mol. The molecule has 1 fully saturated rings. The number of esters is 1. The minimum atomic E-state index is -4.40. The van der Waals surface area contributed by atoms with Gasteiger partial charge in [-0.25, -0.2) is 4.98 Å². The van der Waals surface area contributed by atoms with Crippen LogP contribution in [0.2, 0.25) is 0 Å². The maximum Gasteiger partial charge on any atom is 0.434 e. The van der Waals surface area contributed by atoms with E-state index in [1.807, 2.05) is 4.90 Å². The summed E-state index contributed by atoms with van der Waals surface area (Å²) in [6, 6.07) is -0.389. The van der Waals surface area contributed by atoms with Crippen LogP contribution in [-0.4, -0.2) is 42.1 Å². The van der Waals surface area contributed by atoms with E-state index in [-0.39, 0.29) is 17.9 Å².